The zero-order valence-electron chi connectivity index (χ0n) is 16.8. The SMILES string of the molecule is Cc1nccn1-c1ccccc1CNC(=O)c1cccc(OCc2ccccc2)c1. The van der Waals surface area contributed by atoms with Crippen LogP contribution in [0.25, 0.3) is 5.69 Å². The van der Waals surface area contributed by atoms with E-state index in [1.54, 1.807) is 18.3 Å². The fourth-order valence-corrected chi connectivity index (χ4v) is 3.27. The van der Waals surface area contributed by atoms with Crippen molar-refractivity contribution in [3.05, 3.63) is 114 Å². The third-order valence-electron chi connectivity index (χ3n) is 4.86. The summed E-state index contributed by atoms with van der Waals surface area (Å²) >= 11 is 0. The summed E-state index contributed by atoms with van der Waals surface area (Å²) in [5, 5.41) is 3.01. The van der Waals surface area contributed by atoms with E-state index in [9.17, 15) is 4.79 Å². The Labute approximate surface area is 176 Å². The third-order valence-corrected chi connectivity index (χ3v) is 4.86. The maximum absolute atomic E-state index is 12.7. The maximum Gasteiger partial charge on any atom is 0.251 e. The molecule has 0 saturated carbocycles. The molecule has 0 bridgehead atoms. The van der Waals surface area contributed by atoms with Crippen LogP contribution in [-0.4, -0.2) is 15.5 Å². The highest BCUT2D eigenvalue weighted by Gasteiger charge is 2.10. The summed E-state index contributed by atoms with van der Waals surface area (Å²) in [6.45, 7) is 2.83. The van der Waals surface area contributed by atoms with E-state index >= 15 is 0 Å². The molecular weight excluding hydrogens is 374 g/mol. The molecule has 0 aliphatic rings. The van der Waals surface area contributed by atoms with E-state index < -0.39 is 0 Å². The maximum atomic E-state index is 12.7. The average Bonchev–Trinajstić information content (AvgIpc) is 3.23. The van der Waals surface area contributed by atoms with E-state index in [1.165, 1.54) is 0 Å². The third kappa shape index (κ3) is 4.58. The highest BCUT2D eigenvalue weighted by molar-refractivity contribution is 5.94. The lowest BCUT2D eigenvalue weighted by molar-refractivity contribution is 0.0950. The van der Waals surface area contributed by atoms with Crippen LogP contribution >= 0.6 is 0 Å². The molecule has 4 rings (SSSR count). The summed E-state index contributed by atoms with van der Waals surface area (Å²) in [5.41, 5.74) is 3.67. The highest BCUT2D eigenvalue weighted by Crippen LogP contribution is 2.18. The van der Waals surface area contributed by atoms with Crippen LogP contribution in [0.3, 0.4) is 0 Å². The number of nitrogens with one attached hydrogen (secondary N) is 1. The molecule has 4 aromatic rings. The molecule has 0 saturated heterocycles. The molecular formula is C25H23N3O2. The van der Waals surface area contributed by atoms with Crippen molar-refractivity contribution in [1.29, 1.82) is 0 Å². The molecule has 1 amide bonds. The molecule has 0 unspecified atom stereocenters. The second-order valence-corrected chi connectivity index (χ2v) is 6.96. The number of hydrogen-bond donors (Lipinski definition) is 1. The van der Waals surface area contributed by atoms with Crippen molar-refractivity contribution in [2.45, 2.75) is 20.1 Å². The number of aromatic nitrogens is 2. The first-order chi connectivity index (χ1) is 14.7. The van der Waals surface area contributed by atoms with Gasteiger partial charge in [-0.1, -0.05) is 54.6 Å². The molecule has 0 atom stereocenters. The van der Waals surface area contributed by atoms with Gasteiger partial charge in [0.05, 0.1) is 5.69 Å². The van der Waals surface area contributed by atoms with Gasteiger partial charge in [0, 0.05) is 24.5 Å². The van der Waals surface area contributed by atoms with Gasteiger partial charge in [0.1, 0.15) is 18.2 Å². The van der Waals surface area contributed by atoms with Gasteiger partial charge < -0.3 is 14.6 Å². The number of carbonyl (C=O) groups is 1. The first-order valence-electron chi connectivity index (χ1n) is 9.84. The Balaban J connectivity index is 1.42. The van der Waals surface area contributed by atoms with Crippen molar-refractivity contribution in [3.8, 4) is 11.4 Å². The van der Waals surface area contributed by atoms with Crippen LogP contribution in [0.1, 0.15) is 27.3 Å². The Morgan fingerprint density at radius 1 is 1.00 bits per heavy atom. The number of imidazole rings is 1. The number of benzene rings is 3. The van der Waals surface area contributed by atoms with Gasteiger partial charge in [0.25, 0.3) is 5.91 Å². The lowest BCUT2D eigenvalue weighted by atomic mass is 10.1. The van der Waals surface area contributed by atoms with E-state index in [0.717, 1.165) is 22.6 Å². The normalized spacial score (nSPS) is 10.6. The van der Waals surface area contributed by atoms with Crippen LogP contribution in [0, 0.1) is 6.92 Å². The molecule has 0 spiro atoms. The molecule has 1 N–H and O–H groups in total. The van der Waals surface area contributed by atoms with Gasteiger partial charge >= 0.3 is 0 Å². The van der Waals surface area contributed by atoms with E-state index in [2.05, 4.69) is 10.3 Å². The van der Waals surface area contributed by atoms with Crippen LogP contribution in [-0.2, 0) is 13.2 Å². The Morgan fingerprint density at radius 3 is 2.60 bits per heavy atom. The minimum Gasteiger partial charge on any atom is -0.489 e. The van der Waals surface area contributed by atoms with Gasteiger partial charge in [-0.2, -0.15) is 0 Å². The fraction of sp³-hybridized carbons (Fsp3) is 0.120. The smallest absolute Gasteiger partial charge is 0.251 e. The van der Waals surface area contributed by atoms with Crippen molar-refractivity contribution in [2.75, 3.05) is 0 Å². The molecule has 0 aliphatic heterocycles. The molecule has 3 aromatic carbocycles. The van der Waals surface area contributed by atoms with Crippen molar-refractivity contribution >= 4 is 5.91 Å². The predicted molar refractivity (Wildman–Crippen MR) is 117 cm³/mol. The van der Waals surface area contributed by atoms with E-state index in [1.807, 2.05) is 84.4 Å². The van der Waals surface area contributed by atoms with E-state index in [4.69, 9.17) is 4.74 Å². The Kier molecular flexibility index (Phi) is 5.90. The zero-order chi connectivity index (χ0) is 20.8. The molecule has 150 valence electrons. The number of nitrogens with zero attached hydrogens (tertiary/aromatic N) is 2. The standard InChI is InChI=1S/C25H23N3O2/c1-19-26-14-15-28(19)24-13-6-5-10-22(24)17-27-25(29)21-11-7-12-23(16-21)30-18-20-8-3-2-4-9-20/h2-16H,17-18H2,1H3,(H,27,29). The first-order valence-corrected chi connectivity index (χ1v) is 9.84. The number of carbonyl (C=O) groups excluding carboxylic acids is 1. The first kappa shape index (κ1) is 19.5. The van der Waals surface area contributed by atoms with Gasteiger partial charge in [0.15, 0.2) is 0 Å². The lowest BCUT2D eigenvalue weighted by Crippen LogP contribution is -2.23. The van der Waals surface area contributed by atoms with E-state index in [0.29, 0.717) is 24.5 Å². The summed E-state index contributed by atoms with van der Waals surface area (Å²) in [6, 6.07) is 25.2. The molecule has 0 aliphatic carbocycles. The molecule has 5 nitrogen and oxygen atoms in total. The molecule has 5 heteroatoms. The van der Waals surface area contributed by atoms with Crippen LogP contribution in [0.5, 0.6) is 5.75 Å². The lowest BCUT2D eigenvalue weighted by Gasteiger charge is -2.13. The number of aryl methyl sites for hydroxylation is 1. The van der Waals surface area contributed by atoms with Crippen molar-refractivity contribution in [2.24, 2.45) is 0 Å². The Morgan fingerprint density at radius 2 is 1.80 bits per heavy atom. The minimum absolute atomic E-state index is 0.141. The van der Waals surface area contributed by atoms with Gasteiger partial charge in [-0.3, -0.25) is 4.79 Å². The number of hydrogen-bond acceptors (Lipinski definition) is 3. The summed E-state index contributed by atoms with van der Waals surface area (Å²) < 4.78 is 7.85. The second kappa shape index (κ2) is 9.09. The zero-order valence-corrected chi connectivity index (χ0v) is 16.8. The van der Waals surface area contributed by atoms with Crippen LogP contribution in [0.4, 0.5) is 0 Å². The Bertz CT molecular complexity index is 1140. The number of rotatable bonds is 7. The summed E-state index contributed by atoms with van der Waals surface area (Å²) in [5.74, 6) is 1.43. The monoisotopic (exact) mass is 397 g/mol. The topological polar surface area (TPSA) is 56.2 Å². The van der Waals surface area contributed by atoms with Gasteiger partial charge in [-0.05, 0) is 42.3 Å². The fourth-order valence-electron chi connectivity index (χ4n) is 3.27. The van der Waals surface area contributed by atoms with Crippen molar-refractivity contribution in [1.82, 2.24) is 14.9 Å². The van der Waals surface area contributed by atoms with Gasteiger partial charge in [0.2, 0.25) is 0 Å². The minimum atomic E-state index is -0.141. The van der Waals surface area contributed by atoms with Crippen LogP contribution < -0.4 is 10.1 Å². The number of para-hydroxylation sites is 1. The number of ether oxygens (including phenoxy) is 1. The molecule has 1 heterocycles. The quantitative estimate of drug-likeness (QED) is 0.492. The summed E-state index contributed by atoms with van der Waals surface area (Å²) in [4.78, 5) is 17.0. The summed E-state index contributed by atoms with van der Waals surface area (Å²) in [7, 11) is 0. The molecule has 0 fully saturated rings. The number of amides is 1. The van der Waals surface area contributed by atoms with E-state index in [-0.39, 0.29) is 5.91 Å². The summed E-state index contributed by atoms with van der Waals surface area (Å²) in [6.07, 6.45) is 3.69. The highest BCUT2D eigenvalue weighted by atomic mass is 16.5. The van der Waals surface area contributed by atoms with Crippen LogP contribution in [0.2, 0.25) is 0 Å². The second-order valence-electron chi connectivity index (χ2n) is 6.96. The molecule has 1 aromatic heterocycles. The molecule has 0 radical (unpaired) electrons. The average molecular weight is 397 g/mol. The Hall–Kier alpha value is -3.86. The van der Waals surface area contributed by atoms with Crippen molar-refractivity contribution < 1.29 is 9.53 Å². The van der Waals surface area contributed by atoms with Crippen molar-refractivity contribution in [3.63, 3.8) is 0 Å². The van der Waals surface area contributed by atoms with Gasteiger partial charge in [-0.25, -0.2) is 4.98 Å². The largest absolute Gasteiger partial charge is 0.489 e. The van der Waals surface area contributed by atoms with Crippen LogP contribution in [0.15, 0.2) is 91.3 Å². The van der Waals surface area contributed by atoms with Gasteiger partial charge in [-0.15, -0.1) is 0 Å². The predicted octanol–water partition coefficient (Wildman–Crippen LogP) is 4.69. The molecule has 30 heavy (non-hydrogen) atoms.